The van der Waals surface area contributed by atoms with Crippen molar-refractivity contribution in [3.63, 3.8) is 0 Å². The fraction of sp³-hybridized carbons (Fsp3) is 0.938. The van der Waals surface area contributed by atoms with E-state index >= 15 is 0 Å². The topological polar surface area (TPSA) is 29.1 Å². The monoisotopic (exact) mass is 255 g/mol. The van der Waals surface area contributed by atoms with Crippen molar-refractivity contribution in [1.82, 2.24) is 5.32 Å². The Balaban J connectivity index is 3.49. The molecule has 18 heavy (non-hydrogen) atoms. The van der Waals surface area contributed by atoms with Gasteiger partial charge in [-0.2, -0.15) is 0 Å². The molecule has 0 radical (unpaired) electrons. The van der Waals surface area contributed by atoms with Crippen LogP contribution in [0.3, 0.4) is 0 Å². The second-order valence-electron chi connectivity index (χ2n) is 5.31. The van der Waals surface area contributed by atoms with Gasteiger partial charge in [-0.1, -0.05) is 65.7 Å². The molecule has 0 bridgehead atoms. The van der Waals surface area contributed by atoms with Crippen LogP contribution in [0.1, 0.15) is 85.0 Å². The molecule has 1 amide bonds. The summed E-state index contributed by atoms with van der Waals surface area (Å²) in [6.07, 6.45) is 12.1. The number of nitrogens with one attached hydrogen (secondary N) is 1. The van der Waals surface area contributed by atoms with Crippen LogP contribution in [0.15, 0.2) is 0 Å². The SMILES string of the molecule is CCCCCCCCNC(=O)C(CC)CCCC. The first kappa shape index (κ1) is 17.5. The first-order chi connectivity index (χ1) is 8.76. The van der Waals surface area contributed by atoms with Gasteiger partial charge in [0, 0.05) is 12.5 Å². The van der Waals surface area contributed by atoms with Crippen molar-refractivity contribution in [1.29, 1.82) is 0 Å². The van der Waals surface area contributed by atoms with Gasteiger partial charge < -0.3 is 5.32 Å². The molecule has 2 heteroatoms. The van der Waals surface area contributed by atoms with Crippen molar-refractivity contribution in [2.45, 2.75) is 85.0 Å². The maximum Gasteiger partial charge on any atom is 0.223 e. The summed E-state index contributed by atoms with van der Waals surface area (Å²) in [7, 11) is 0. The van der Waals surface area contributed by atoms with Gasteiger partial charge in [0.2, 0.25) is 5.91 Å². The second-order valence-corrected chi connectivity index (χ2v) is 5.31. The third-order valence-corrected chi connectivity index (χ3v) is 3.60. The summed E-state index contributed by atoms with van der Waals surface area (Å²) < 4.78 is 0. The van der Waals surface area contributed by atoms with Gasteiger partial charge in [-0.05, 0) is 19.3 Å². The van der Waals surface area contributed by atoms with Crippen molar-refractivity contribution in [3.8, 4) is 0 Å². The molecule has 0 heterocycles. The van der Waals surface area contributed by atoms with Crippen LogP contribution < -0.4 is 5.32 Å². The standard InChI is InChI=1S/C16H33NO/c1-4-7-9-10-11-12-14-17-16(18)15(6-3)13-8-5-2/h15H,4-14H2,1-3H3,(H,17,18). The van der Waals surface area contributed by atoms with Gasteiger partial charge >= 0.3 is 0 Å². The van der Waals surface area contributed by atoms with Crippen LogP contribution in [0, 0.1) is 5.92 Å². The summed E-state index contributed by atoms with van der Waals surface area (Å²) >= 11 is 0. The number of amides is 1. The fourth-order valence-electron chi connectivity index (χ4n) is 2.23. The molecule has 0 saturated heterocycles. The third kappa shape index (κ3) is 9.49. The number of unbranched alkanes of at least 4 members (excludes halogenated alkanes) is 6. The lowest BCUT2D eigenvalue weighted by Crippen LogP contribution is -2.31. The number of hydrogen-bond acceptors (Lipinski definition) is 1. The van der Waals surface area contributed by atoms with Crippen molar-refractivity contribution >= 4 is 5.91 Å². The Labute approximate surface area is 114 Å². The number of carbonyl (C=O) groups excluding carboxylic acids is 1. The van der Waals surface area contributed by atoms with E-state index < -0.39 is 0 Å². The lowest BCUT2D eigenvalue weighted by atomic mass is 9.98. The molecule has 0 aliphatic carbocycles. The Bertz CT molecular complexity index is 192. The Kier molecular flexibility index (Phi) is 12.5. The normalized spacial score (nSPS) is 12.4. The smallest absolute Gasteiger partial charge is 0.223 e. The molecular weight excluding hydrogens is 222 g/mol. The molecule has 0 aliphatic heterocycles. The molecular formula is C16H33NO. The lowest BCUT2D eigenvalue weighted by molar-refractivity contribution is -0.125. The maximum atomic E-state index is 11.9. The van der Waals surface area contributed by atoms with Gasteiger partial charge in [0.1, 0.15) is 0 Å². The second kappa shape index (κ2) is 12.9. The van der Waals surface area contributed by atoms with E-state index in [0.717, 1.165) is 25.8 Å². The molecule has 0 saturated carbocycles. The van der Waals surface area contributed by atoms with Gasteiger partial charge in [-0.25, -0.2) is 0 Å². The predicted octanol–water partition coefficient (Wildman–Crippen LogP) is 4.68. The van der Waals surface area contributed by atoms with E-state index in [9.17, 15) is 4.79 Å². The zero-order chi connectivity index (χ0) is 13.6. The van der Waals surface area contributed by atoms with E-state index in [1.54, 1.807) is 0 Å². The minimum Gasteiger partial charge on any atom is -0.356 e. The van der Waals surface area contributed by atoms with Crippen LogP contribution in [0.2, 0.25) is 0 Å². The molecule has 0 spiro atoms. The van der Waals surface area contributed by atoms with Crippen molar-refractivity contribution in [3.05, 3.63) is 0 Å². The maximum absolute atomic E-state index is 11.9. The number of carbonyl (C=O) groups is 1. The number of rotatable bonds is 12. The molecule has 0 aromatic rings. The van der Waals surface area contributed by atoms with Gasteiger partial charge in [-0.15, -0.1) is 0 Å². The Morgan fingerprint density at radius 3 is 2.11 bits per heavy atom. The van der Waals surface area contributed by atoms with E-state index in [-0.39, 0.29) is 11.8 Å². The van der Waals surface area contributed by atoms with E-state index in [1.165, 1.54) is 44.9 Å². The molecule has 2 nitrogen and oxygen atoms in total. The minimum absolute atomic E-state index is 0.241. The third-order valence-electron chi connectivity index (χ3n) is 3.60. The van der Waals surface area contributed by atoms with Crippen molar-refractivity contribution in [2.75, 3.05) is 6.54 Å². The minimum atomic E-state index is 0.241. The average Bonchev–Trinajstić information content (AvgIpc) is 2.38. The first-order valence-electron chi connectivity index (χ1n) is 8.03. The lowest BCUT2D eigenvalue weighted by Gasteiger charge is -2.14. The van der Waals surface area contributed by atoms with Crippen LogP contribution in [0.4, 0.5) is 0 Å². The summed E-state index contributed by atoms with van der Waals surface area (Å²) in [5, 5.41) is 3.09. The van der Waals surface area contributed by atoms with E-state index in [2.05, 4.69) is 26.1 Å². The van der Waals surface area contributed by atoms with Crippen LogP contribution in [-0.2, 0) is 4.79 Å². The zero-order valence-corrected chi connectivity index (χ0v) is 12.8. The van der Waals surface area contributed by atoms with Gasteiger partial charge in [0.25, 0.3) is 0 Å². The molecule has 0 fully saturated rings. The van der Waals surface area contributed by atoms with Crippen molar-refractivity contribution < 1.29 is 4.79 Å². The fourth-order valence-corrected chi connectivity index (χ4v) is 2.23. The molecule has 0 aliphatic rings. The van der Waals surface area contributed by atoms with Crippen LogP contribution >= 0.6 is 0 Å². The molecule has 1 unspecified atom stereocenters. The van der Waals surface area contributed by atoms with Crippen molar-refractivity contribution in [2.24, 2.45) is 5.92 Å². The van der Waals surface area contributed by atoms with Crippen LogP contribution in [-0.4, -0.2) is 12.5 Å². The quantitative estimate of drug-likeness (QED) is 0.504. The first-order valence-corrected chi connectivity index (χ1v) is 8.03. The highest BCUT2D eigenvalue weighted by molar-refractivity contribution is 5.78. The molecule has 0 aromatic heterocycles. The highest BCUT2D eigenvalue weighted by atomic mass is 16.1. The summed E-state index contributed by atoms with van der Waals surface area (Å²) in [5.74, 6) is 0.518. The van der Waals surface area contributed by atoms with E-state index in [0.29, 0.717) is 0 Å². The highest BCUT2D eigenvalue weighted by Gasteiger charge is 2.14. The van der Waals surface area contributed by atoms with Gasteiger partial charge in [-0.3, -0.25) is 4.79 Å². The molecule has 0 rings (SSSR count). The zero-order valence-electron chi connectivity index (χ0n) is 12.8. The molecule has 0 aromatic carbocycles. The van der Waals surface area contributed by atoms with E-state index in [1.807, 2.05) is 0 Å². The average molecular weight is 255 g/mol. The van der Waals surface area contributed by atoms with Crippen LogP contribution in [0.5, 0.6) is 0 Å². The summed E-state index contributed by atoms with van der Waals surface area (Å²) in [5.41, 5.74) is 0. The van der Waals surface area contributed by atoms with E-state index in [4.69, 9.17) is 0 Å². The Morgan fingerprint density at radius 1 is 0.889 bits per heavy atom. The summed E-state index contributed by atoms with van der Waals surface area (Å²) in [6.45, 7) is 7.40. The molecule has 108 valence electrons. The van der Waals surface area contributed by atoms with Crippen LogP contribution in [0.25, 0.3) is 0 Å². The Hall–Kier alpha value is -0.530. The predicted molar refractivity (Wildman–Crippen MR) is 79.7 cm³/mol. The summed E-state index contributed by atoms with van der Waals surface area (Å²) in [4.78, 5) is 11.9. The highest BCUT2D eigenvalue weighted by Crippen LogP contribution is 2.12. The van der Waals surface area contributed by atoms with Gasteiger partial charge in [0.05, 0.1) is 0 Å². The molecule has 1 N–H and O–H groups in total. The largest absolute Gasteiger partial charge is 0.356 e. The summed E-state index contributed by atoms with van der Waals surface area (Å²) in [6, 6.07) is 0. The number of hydrogen-bond donors (Lipinski definition) is 1. The molecule has 1 atom stereocenters. The Morgan fingerprint density at radius 2 is 1.50 bits per heavy atom. The van der Waals surface area contributed by atoms with Gasteiger partial charge in [0.15, 0.2) is 0 Å².